The third kappa shape index (κ3) is 2.99. The third-order valence-corrected chi connectivity index (χ3v) is 3.55. The maximum Gasteiger partial charge on any atom is 0.146 e. The van der Waals surface area contributed by atoms with Gasteiger partial charge in [0.05, 0.1) is 10.5 Å². The molecule has 1 heterocycles. The van der Waals surface area contributed by atoms with E-state index < -0.39 is 0 Å². The Morgan fingerprint density at radius 1 is 1.05 bits per heavy atom. The first-order chi connectivity index (χ1) is 10.3. The lowest BCUT2D eigenvalue weighted by atomic mass is 10.1. The number of nitrogens with zero attached hydrogens (tertiary/aromatic N) is 1. The summed E-state index contributed by atoms with van der Waals surface area (Å²) in [4.78, 5) is 4.32. The van der Waals surface area contributed by atoms with E-state index in [1.54, 1.807) is 6.20 Å². The lowest BCUT2D eigenvalue weighted by molar-refractivity contribution is 0.488. The Kier molecular flexibility index (Phi) is 4.04. The van der Waals surface area contributed by atoms with E-state index in [1.807, 2.05) is 48.5 Å². The molecule has 0 aliphatic carbocycles. The van der Waals surface area contributed by atoms with E-state index in [2.05, 4.69) is 4.98 Å². The van der Waals surface area contributed by atoms with Gasteiger partial charge in [-0.3, -0.25) is 4.98 Å². The molecule has 21 heavy (non-hydrogen) atoms. The van der Waals surface area contributed by atoms with E-state index in [-0.39, 0.29) is 0 Å². The molecule has 3 rings (SSSR count). The number of fused-ring (bicyclic) bond motifs is 1. The van der Waals surface area contributed by atoms with E-state index in [0.29, 0.717) is 17.3 Å². The van der Waals surface area contributed by atoms with Gasteiger partial charge in [-0.15, -0.1) is 0 Å². The monoisotopic (exact) mass is 298 g/mol. The molecule has 3 aromatic rings. The highest BCUT2D eigenvalue weighted by Crippen LogP contribution is 2.33. The van der Waals surface area contributed by atoms with Crippen molar-refractivity contribution in [2.24, 2.45) is 5.73 Å². The highest BCUT2D eigenvalue weighted by atomic mass is 35.5. The molecule has 2 N–H and O–H groups in total. The predicted octanol–water partition coefficient (Wildman–Crippen LogP) is 4.18. The molecular formula is C17H15ClN2O. The number of ether oxygens (including phenoxy) is 1. The van der Waals surface area contributed by atoms with Crippen LogP contribution >= 0.6 is 11.6 Å². The van der Waals surface area contributed by atoms with Crippen molar-refractivity contribution in [1.29, 1.82) is 0 Å². The quantitative estimate of drug-likeness (QED) is 0.786. The average molecular weight is 299 g/mol. The minimum Gasteiger partial charge on any atom is -0.455 e. The van der Waals surface area contributed by atoms with Crippen LogP contribution < -0.4 is 10.5 Å². The lowest BCUT2D eigenvalue weighted by Gasteiger charge is -2.11. The van der Waals surface area contributed by atoms with Crippen molar-refractivity contribution >= 4 is 22.5 Å². The van der Waals surface area contributed by atoms with Crippen LogP contribution in [0.5, 0.6) is 11.5 Å². The molecule has 0 aliphatic rings. The van der Waals surface area contributed by atoms with Crippen LogP contribution in [-0.4, -0.2) is 11.5 Å². The molecule has 0 saturated carbocycles. The van der Waals surface area contributed by atoms with Crippen LogP contribution in [0.3, 0.4) is 0 Å². The first-order valence-electron chi connectivity index (χ1n) is 6.78. The molecule has 0 saturated heterocycles. The van der Waals surface area contributed by atoms with Crippen LogP contribution in [0.25, 0.3) is 10.9 Å². The maximum absolute atomic E-state index is 6.28. The second-order valence-corrected chi connectivity index (χ2v) is 5.14. The van der Waals surface area contributed by atoms with Crippen LogP contribution in [0.4, 0.5) is 0 Å². The Labute approximate surface area is 128 Å². The average Bonchev–Trinajstić information content (AvgIpc) is 2.51. The number of benzene rings is 2. The third-order valence-electron chi connectivity index (χ3n) is 3.25. The fraction of sp³-hybridized carbons (Fsp3) is 0.118. The van der Waals surface area contributed by atoms with Gasteiger partial charge in [-0.1, -0.05) is 23.7 Å². The SMILES string of the molecule is NCCc1ccc(Oc2cccc3ncccc23)c(Cl)c1. The summed E-state index contributed by atoms with van der Waals surface area (Å²) in [6, 6.07) is 15.4. The van der Waals surface area contributed by atoms with Gasteiger partial charge in [0.15, 0.2) is 0 Å². The van der Waals surface area contributed by atoms with Crippen molar-refractivity contribution in [3.63, 3.8) is 0 Å². The van der Waals surface area contributed by atoms with Crippen LogP contribution in [0.2, 0.25) is 5.02 Å². The highest BCUT2D eigenvalue weighted by molar-refractivity contribution is 6.32. The summed E-state index contributed by atoms with van der Waals surface area (Å²) in [5.74, 6) is 1.38. The molecule has 0 aliphatic heterocycles. The van der Waals surface area contributed by atoms with Crippen LogP contribution in [0.15, 0.2) is 54.7 Å². The van der Waals surface area contributed by atoms with Gasteiger partial charge in [-0.05, 0) is 54.9 Å². The number of rotatable bonds is 4. The fourth-order valence-electron chi connectivity index (χ4n) is 2.23. The highest BCUT2D eigenvalue weighted by Gasteiger charge is 2.07. The van der Waals surface area contributed by atoms with Gasteiger partial charge in [-0.25, -0.2) is 0 Å². The summed E-state index contributed by atoms with van der Waals surface area (Å²) in [7, 11) is 0. The molecule has 0 fully saturated rings. The van der Waals surface area contributed by atoms with E-state index in [4.69, 9.17) is 22.1 Å². The number of aromatic nitrogens is 1. The summed E-state index contributed by atoms with van der Waals surface area (Å²) in [5, 5.41) is 1.55. The molecule has 0 unspecified atom stereocenters. The zero-order valence-electron chi connectivity index (χ0n) is 11.4. The Morgan fingerprint density at radius 2 is 1.95 bits per heavy atom. The molecule has 0 radical (unpaired) electrons. The summed E-state index contributed by atoms with van der Waals surface area (Å²) >= 11 is 6.28. The molecule has 0 amide bonds. The fourth-order valence-corrected chi connectivity index (χ4v) is 2.47. The van der Waals surface area contributed by atoms with Crippen molar-refractivity contribution in [3.8, 4) is 11.5 Å². The van der Waals surface area contributed by atoms with E-state index in [9.17, 15) is 0 Å². The van der Waals surface area contributed by atoms with E-state index in [0.717, 1.165) is 28.6 Å². The minimum atomic E-state index is 0.585. The first-order valence-corrected chi connectivity index (χ1v) is 7.16. The maximum atomic E-state index is 6.28. The zero-order valence-corrected chi connectivity index (χ0v) is 12.2. The van der Waals surface area contributed by atoms with Crippen LogP contribution in [0.1, 0.15) is 5.56 Å². The Bertz CT molecular complexity index is 768. The molecule has 106 valence electrons. The Hall–Kier alpha value is -2.10. The summed E-state index contributed by atoms with van der Waals surface area (Å²) < 4.78 is 5.95. The molecule has 0 spiro atoms. The Balaban J connectivity index is 1.95. The second-order valence-electron chi connectivity index (χ2n) is 4.73. The van der Waals surface area contributed by atoms with Crippen LogP contribution in [0, 0.1) is 0 Å². The summed E-state index contributed by atoms with van der Waals surface area (Å²) in [6.45, 7) is 0.603. The number of halogens is 1. The first kappa shape index (κ1) is 13.9. The van der Waals surface area contributed by atoms with Gasteiger partial charge in [0.2, 0.25) is 0 Å². The molecule has 2 aromatic carbocycles. The second kappa shape index (κ2) is 6.12. The standard InChI is InChI=1S/C17H15ClN2O/c18-14-11-12(8-9-19)6-7-17(14)21-16-5-1-4-15-13(16)3-2-10-20-15/h1-7,10-11H,8-9,19H2. The van der Waals surface area contributed by atoms with Gasteiger partial charge in [0.1, 0.15) is 11.5 Å². The normalized spacial score (nSPS) is 10.8. The molecule has 1 aromatic heterocycles. The molecule has 3 nitrogen and oxygen atoms in total. The number of hydrogen-bond acceptors (Lipinski definition) is 3. The Morgan fingerprint density at radius 3 is 2.76 bits per heavy atom. The summed E-state index contributed by atoms with van der Waals surface area (Å²) in [6.07, 6.45) is 2.57. The predicted molar refractivity (Wildman–Crippen MR) is 86.0 cm³/mol. The number of nitrogens with two attached hydrogens (primary N) is 1. The van der Waals surface area contributed by atoms with E-state index in [1.165, 1.54) is 0 Å². The summed E-state index contributed by atoms with van der Waals surface area (Å²) in [5.41, 5.74) is 7.55. The minimum absolute atomic E-state index is 0.585. The van der Waals surface area contributed by atoms with Crippen molar-refractivity contribution in [3.05, 3.63) is 65.3 Å². The van der Waals surface area contributed by atoms with Gasteiger partial charge >= 0.3 is 0 Å². The van der Waals surface area contributed by atoms with Gasteiger partial charge in [-0.2, -0.15) is 0 Å². The van der Waals surface area contributed by atoms with E-state index >= 15 is 0 Å². The topological polar surface area (TPSA) is 48.1 Å². The smallest absolute Gasteiger partial charge is 0.146 e. The largest absolute Gasteiger partial charge is 0.455 e. The molecule has 0 atom stereocenters. The van der Waals surface area contributed by atoms with Crippen molar-refractivity contribution in [2.45, 2.75) is 6.42 Å². The van der Waals surface area contributed by atoms with Crippen molar-refractivity contribution in [1.82, 2.24) is 4.98 Å². The zero-order chi connectivity index (χ0) is 14.7. The number of pyridine rings is 1. The van der Waals surface area contributed by atoms with Gasteiger partial charge in [0, 0.05) is 11.6 Å². The van der Waals surface area contributed by atoms with Gasteiger partial charge in [0.25, 0.3) is 0 Å². The molecular weight excluding hydrogens is 284 g/mol. The number of hydrogen-bond donors (Lipinski definition) is 1. The van der Waals surface area contributed by atoms with Crippen LogP contribution in [-0.2, 0) is 6.42 Å². The van der Waals surface area contributed by atoms with Crippen molar-refractivity contribution < 1.29 is 4.74 Å². The lowest BCUT2D eigenvalue weighted by Crippen LogP contribution is -2.02. The van der Waals surface area contributed by atoms with Gasteiger partial charge < -0.3 is 10.5 Å². The van der Waals surface area contributed by atoms with Crippen molar-refractivity contribution in [2.75, 3.05) is 6.54 Å². The molecule has 0 bridgehead atoms. The molecule has 4 heteroatoms.